The van der Waals surface area contributed by atoms with E-state index in [2.05, 4.69) is 30.5 Å². The average Bonchev–Trinajstić information content (AvgIpc) is 2.75. The lowest BCUT2D eigenvalue weighted by molar-refractivity contribution is -0.152. The van der Waals surface area contributed by atoms with Crippen LogP contribution >= 0.6 is 11.8 Å². The Bertz CT molecular complexity index is 849. The third kappa shape index (κ3) is 3.56. The Morgan fingerprint density at radius 2 is 1.89 bits per heavy atom. The molecule has 142 valence electrons. The number of anilines is 1. The summed E-state index contributed by atoms with van der Waals surface area (Å²) in [5.41, 5.74) is 2.03. The highest BCUT2D eigenvalue weighted by molar-refractivity contribution is 7.99. The lowest BCUT2D eigenvalue weighted by Gasteiger charge is -2.40. The van der Waals surface area contributed by atoms with Gasteiger partial charge in [0.1, 0.15) is 5.75 Å². The SMILES string of the molecule is C=C1N(CC)c2ccccc2SC(c2ccc(OC)cc2)C1(C)OC(C)=O. The number of fused-ring (bicyclic) bond motifs is 1. The summed E-state index contributed by atoms with van der Waals surface area (Å²) in [4.78, 5) is 15.3. The van der Waals surface area contributed by atoms with E-state index in [9.17, 15) is 4.79 Å². The van der Waals surface area contributed by atoms with Gasteiger partial charge in [0.25, 0.3) is 0 Å². The highest BCUT2D eigenvalue weighted by Gasteiger charge is 2.46. The first kappa shape index (κ1) is 19.4. The number of hydrogen-bond donors (Lipinski definition) is 0. The molecule has 2 aromatic carbocycles. The second kappa shape index (κ2) is 7.69. The fourth-order valence-electron chi connectivity index (χ4n) is 3.52. The standard InChI is InChI=1S/C22H25NO3S/c1-6-23-15(2)22(4,26-16(3)24)21(17-11-13-18(25-5)14-12-17)27-20-10-8-7-9-19(20)23/h7-14,21H,2,6H2,1,3-5H3. The van der Waals surface area contributed by atoms with Gasteiger partial charge in [0.05, 0.1) is 23.7 Å². The second-order valence-electron chi connectivity index (χ2n) is 6.63. The molecular formula is C22H25NO3S. The van der Waals surface area contributed by atoms with Gasteiger partial charge in [0.2, 0.25) is 0 Å². The third-order valence-corrected chi connectivity index (χ3v) is 6.45. The van der Waals surface area contributed by atoms with Crippen LogP contribution in [-0.4, -0.2) is 25.2 Å². The lowest BCUT2D eigenvalue weighted by Crippen LogP contribution is -2.44. The first-order valence-corrected chi connectivity index (χ1v) is 9.84. The number of benzene rings is 2. The van der Waals surface area contributed by atoms with Crippen molar-refractivity contribution in [3.05, 3.63) is 66.4 Å². The van der Waals surface area contributed by atoms with E-state index < -0.39 is 5.60 Å². The number of methoxy groups -OCH3 is 1. The van der Waals surface area contributed by atoms with Crippen LogP contribution in [0.3, 0.4) is 0 Å². The Balaban J connectivity index is 2.17. The monoisotopic (exact) mass is 383 g/mol. The number of ether oxygens (including phenoxy) is 2. The molecule has 2 atom stereocenters. The smallest absolute Gasteiger partial charge is 0.303 e. The van der Waals surface area contributed by atoms with Crippen LogP contribution in [0, 0.1) is 0 Å². The second-order valence-corrected chi connectivity index (χ2v) is 7.78. The minimum absolute atomic E-state index is 0.141. The van der Waals surface area contributed by atoms with Gasteiger partial charge in [-0.3, -0.25) is 4.79 Å². The van der Waals surface area contributed by atoms with Gasteiger partial charge in [-0.15, -0.1) is 11.8 Å². The zero-order valence-corrected chi connectivity index (χ0v) is 17.0. The molecule has 2 unspecified atom stereocenters. The predicted octanol–water partition coefficient (Wildman–Crippen LogP) is 5.20. The molecule has 0 bridgehead atoms. The largest absolute Gasteiger partial charge is 0.497 e. The number of carbonyl (C=O) groups excluding carboxylic acids is 1. The van der Waals surface area contributed by atoms with Crippen molar-refractivity contribution in [2.45, 2.75) is 36.5 Å². The number of para-hydroxylation sites is 1. The van der Waals surface area contributed by atoms with E-state index >= 15 is 0 Å². The Morgan fingerprint density at radius 3 is 2.48 bits per heavy atom. The average molecular weight is 384 g/mol. The van der Waals surface area contributed by atoms with E-state index in [0.29, 0.717) is 0 Å². The summed E-state index contributed by atoms with van der Waals surface area (Å²) in [5, 5.41) is -0.141. The Morgan fingerprint density at radius 1 is 1.22 bits per heavy atom. The first-order chi connectivity index (χ1) is 12.9. The number of esters is 1. The number of carbonyl (C=O) groups is 1. The van der Waals surface area contributed by atoms with Crippen molar-refractivity contribution in [3.63, 3.8) is 0 Å². The van der Waals surface area contributed by atoms with Gasteiger partial charge in [-0.1, -0.05) is 30.8 Å². The van der Waals surface area contributed by atoms with Crippen molar-refractivity contribution in [3.8, 4) is 5.75 Å². The number of thioether (sulfide) groups is 1. The summed E-state index contributed by atoms with van der Waals surface area (Å²) in [6.07, 6.45) is 0. The molecule has 0 spiro atoms. The number of hydrogen-bond acceptors (Lipinski definition) is 5. The summed E-state index contributed by atoms with van der Waals surface area (Å²) >= 11 is 1.70. The molecule has 2 aromatic rings. The normalized spacial score (nSPS) is 22.0. The lowest BCUT2D eigenvalue weighted by atomic mass is 9.91. The van der Waals surface area contributed by atoms with E-state index in [-0.39, 0.29) is 11.2 Å². The molecule has 0 N–H and O–H groups in total. The molecule has 1 heterocycles. The van der Waals surface area contributed by atoms with Gasteiger partial charge >= 0.3 is 5.97 Å². The molecule has 4 nitrogen and oxygen atoms in total. The Hall–Kier alpha value is -2.40. The van der Waals surface area contributed by atoms with Crippen LogP contribution in [0.2, 0.25) is 0 Å². The van der Waals surface area contributed by atoms with E-state index in [4.69, 9.17) is 9.47 Å². The number of nitrogens with zero attached hydrogens (tertiary/aromatic N) is 1. The van der Waals surface area contributed by atoms with Gasteiger partial charge < -0.3 is 14.4 Å². The fourth-order valence-corrected chi connectivity index (χ4v) is 4.93. The van der Waals surface area contributed by atoms with E-state index in [1.807, 2.05) is 43.3 Å². The van der Waals surface area contributed by atoms with E-state index in [1.165, 1.54) is 6.92 Å². The topological polar surface area (TPSA) is 38.8 Å². The van der Waals surface area contributed by atoms with Crippen molar-refractivity contribution in [1.29, 1.82) is 0 Å². The minimum atomic E-state index is -0.889. The molecule has 0 radical (unpaired) electrons. The van der Waals surface area contributed by atoms with Crippen molar-refractivity contribution >= 4 is 23.4 Å². The molecule has 0 aliphatic carbocycles. The van der Waals surface area contributed by atoms with Crippen molar-refractivity contribution in [2.24, 2.45) is 0 Å². The molecule has 0 amide bonds. The van der Waals surface area contributed by atoms with Crippen LogP contribution in [0.15, 0.2) is 65.7 Å². The number of rotatable bonds is 4. The zero-order chi connectivity index (χ0) is 19.6. The zero-order valence-electron chi connectivity index (χ0n) is 16.2. The van der Waals surface area contributed by atoms with Crippen molar-refractivity contribution < 1.29 is 14.3 Å². The van der Waals surface area contributed by atoms with Crippen LogP contribution in [-0.2, 0) is 9.53 Å². The van der Waals surface area contributed by atoms with Crippen LogP contribution in [0.5, 0.6) is 5.75 Å². The highest BCUT2D eigenvalue weighted by Crippen LogP contribution is 2.54. The van der Waals surface area contributed by atoms with Crippen molar-refractivity contribution in [1.82, 2.24) is 0 Å². The van der Waals surface area contributed by atoms with E-state index in [1.54, 1.807) is 18.9 Å². The molecular weight excluding hydrogens is 358 g/mol. The van der Waals surface area contributed by atoms with E-state index in [0.717, 1.165) is 34.1 Å². The van der Waals surface area contributed by atoms with Gasteiger partial charge in [-0.2, -0.15) is 0 Å². The quantitative estimate of drug-likeness (QED) is 0.678. The maximum absolute atomic E-state index is 12.0. The third-order valence-electron chi connectivity index (χ3n) is 4.89. The van der Waals surface area contributed by atoms with Crippen LogP contribution in [0.25, 0.3) is 0 Å². The van der Waals surface area contributed by atoms with Gasteiger partial charge in [-0.25, -0.2) is 0 Å². The van der Waals surface area contributed by atoms with Gasteiger partial charge in [-0.05, 0) is 43.7 Å². The maximum atomic E-state index is 12.0. The summed E-state index contributed by atoms with van der Waals surface area (Å²) in [6, 6.07) is 16.1. The first-order valence-electron chi connectivity index (χ1n) is 8.96. The van der Waals surface area contributed by atoms with Crippen LogP contribution < -0.4 is 9.64 Å². The van der Waals surface area contributed by atoms with Gasteiger partial charge in [0, 0.05) is 18.4 Å². The molecule has 5 heteroatoms. The van der Waals surface area contributed by atoms with Crippen LogP contribution in [0.4, 0.5) is 5.69 Å². The molecule has 0 saturated heterocycles. The molecule has 0 fully saturated rings. The molecule has 1 aliphatic rings. The van der Waals surface area contributed by atoms with Crippen LogP contribution in [0.1, 0.15) is 31.6 Å². The summed E-state index contributed by atoms with van der Waals surface area (Å²) in [5.74, 6) is 0.473. The summed E-state index contributed by atoms with van der Waals surface area (Å²) < 4.78 is 11.2. The van der Waals surface area contributed by atoms with Gasteiger partial charge in [0.15, 0.2) is 5.60 Å². The minimum Gasteiger partial charge on any atom is -0.497 e. The molecule has 0 saturated carbocycles. The molecule has 3 rings (SSSR count). The summed E-state index contributed by atoms with van der Waals surface area (Å²) in [7, 11) is 1.65. The maximum Gasteiger partial charge on any atom is 0.303 e. The predicted molar refractivity (Wildman–Crippen MR) is 110 cm³/mol. The van der Waals surface area contributed by atoms with Crippen molar-refractivity contribution in [2.75, 3.05) is 18.6 Å². The fraction of sp³-hybridized carbons (Fsp3) is 0.318. The Kier molecular flexibility index (Phi) is 5.51. The molecule has 27 heavy (non-hydrogen) atoms. The molecule has 0 aromatic heterocycles. The Labute approximate surface area is 165 Å². The highest BCUT2D eigenvalue weighted by atomic mass is 32.2. The molecule has 1 aliphatic heterocycles. The number of likely N-dealkylation sites (N-methyl/N-ethyl adjacent to an activating group) is 1. The summed E-state index contributed by atoms with van der Waals surface area (Å²) in [6.45, 7) is 10.6.